The van der Waals surface area contributed by atoms with Gasteiger partial charge < -0.3 is 11.1 Å². The van der Waals surface area contributed by atoms with Gasteiger partial charge in [0.1, 0.15) is 4.99 Å². The Morgan fingerprint density at radius 2 is 1.90 bits per heavy atom. The lowest BCUT2D eigenvalue weighted by Crippen LogP contribution is -2.09. The van der Waals surface area contributed by atoms with Gasteiger partial charge in [-0.2, -0.15) is 8.78 Å². The molecule has 7 heteroatoms. The summed E-state index contributed by atoms with van der Waals surface area (Å²) in [4.78, 5) is 0.786. The van der Waals surface area contributed by atoms with E-state index in [1.54, 1.807) is 42.5 Å². The van der Waals surface area contributed by atoms with E-state index >= 15 is 0 Å². The SMILES string of the molecule is NC(=S)c1ccc(Nc2ccccc2SC(F)F)c(Br)c1. The molecule has 0 unspecified atom stereocenters. The van der Waals surface area contributed by atoms with Crippen LogP contribution in [-0.2, 0) is 0 Å². The Hall–Kier alpha value is -1.18. The predicted molar refractivity (Wildman–Crippen MR) is 91.6 cm³/mol. The fourth-order valence-electron chi connectivity index (χ4n) is 1.68. The summed E-state index contributed by atoms with van der Waals surface area (Å²) in [6.45, 7) is 0. The summed E-state index contributed by atoms with van der Waals surface area (Å²) >= 11 is 8.83. The molecule has 2 aromatic carbocycles. The second-order valence-corrected chi connectivity index (χ2v) is 6.38. The molecular weight excluding hydrogens is 378 g/mol. The summed E-state index contributed by atoms with van der Waals surface area (Å²) in [5, 5.41) is 3.13. The van der Waals surface area contributed by atoms with Gasteiger partial charge in [0.25, 0.3) is 5.76 Å². The number of anilines is 2. The molecule has 110 valence electrons. The molecule has 0 fully saturated rings. The van der Waals surface area contributed by atoms with Gasteiger partial charge in [0, 0.05) is 14.9 Å². The monoisotopic (exact) mass is 388 g/mol. The number of rotatable bonds is 5. The minimum Gasteiger partial charge on any atom is -0.389 e. The minimum absolute atomic E-state index is 0.302. The van der Waals surface area contributed by atoms with Gasteiger partial charge >= 0.3 is 0 Å². The van der Waals surface area contributed by atoms with Gasteiger partial charge in [-0.25, -0.2) is 0 Å². The first kappa shape index (κ1) is 16.2. The second-order valence-electron chi connectivity index (χ2n) is 4.06. The minimum atomic E-state index is -2.46. The highest BCUT2D eigenvalue weighted by molar-refractivity contribution is 9.10. The number of hydrogen-bond donors (Lipinski definition) is 2. The predicted octanol–water partition coefficient (Wildman–Crippen LogP) is 5.14. The zero-order valence-corrected chi connectivity index (χ0v) is 13.9. The van der Waals surface area contributed by atoms with Crippen LogP contribution < -0.4 is 11.1 Å². The van der Waals surface area contributed by atoms with Crippen molar-refractivity contribution in [1.82, 2.24) is 0 Å². The van der Waals surface area contributed by atoms with Crippen LogP contribution in [0.25, 0.3) is 0 Å². The van der Waals surface area contributed by atoms with Crippen molar-refractivity contribution >= 4 is 56.3 Å². The fraction of sp³-hybridized carbons (Fsp3) is 0.0714. The Balaban J connectivity index is 2.28. The lowest BCUT2D eigenvalue weighted by atomic mass is 10.2. The molecule has 0 bridgehead atoms. The highest BCUT2D eigenvalue weighted by Crippen LogP contribution is 2.35. The number of benzene rings is 2. The van der Waals surface area contributed by atoms with Crippen molar-refractivity contribution in [3.8, 4) is 0 Å². The Morgan fingerprint density at radius 1 is 1.19 bits per heavy atom. The van der Waals surface area contributed by atoms with Crippen LogP contribution in [-0.4, -0.2) is 10.7 Å². The van der Waals surface area contributed by atoms with Gasteiger partial charge in [-0.1, -0.05) is 36.1 Å². The highest BCUT2D eigenvalue weighted by atomic mass is 79.9. The summed E-state index contributed by atoms with van der Waals surface area (Å²) in [5.74, 6) is -2.46. The first-order chi connectivity index (χ1) is 9.97. The van der Waals surface area contributed by atoms with Crippen LogP contribution in [0.1, 0.15) is 5.56 Å². The summed E-state index contributed by atoms with van der Waals surface area (Å²) in [5.41, 5.74) is 7.67. The van der Waals surface area contributed by atoms with Crippen LogP contribution in [0.5, 0.6) is 0 Å². The van der Waals surface area contributed by atoms with E-state index in [4.69, 9.17) is 18.0 Å². The molecule has 0 radical (unpaired) electrons. The van der Waals surface area contributed by atoms with Gasteiger partial charge in [0.2, 0.25) is 0 Å². The molecule has 0 aliphatic carbocycles. The van der Waals surface area contributed by atoms with Crippen LogP contribution in [0.15, 0.2) is 51.8 Å². The van der Waals surface area contributed by atoms with E-state index in [0.29, 0.717) is 27.3 Å². The molecule has 3 N–H and O–H groups in total. The quantitative estimate of drug-likeness (QED) is 0.549. The molecule has 0 amide bonds. The van der Waals surface area contributed by atoms with E-state index in [1.807, 2.05) is 0 Å². The van der Waals surface area contributed by atoms with E-state index in [0.717, 1.165) is 15.7 Å². The zero-order chi connectivity index (χ0) is 15.4. The Labute approximate surface area is 139 Å². The molecule has 21 heavy (non-hydrogen) atoms. The molecule has 2 rings (SSSR count). The maximum atomic E-state index is 12.6. The molecule has 0 saturated heterocycles. The molecule has 0 aliphatic heterocycles. The number of para-hydroxylation sites is 1. The van der Waals surface area contributed by atoms with Gasteiger partial charge in [-0.15, -0.1) is 0 Å². The topological polar surface area (TPSA) is 38.0 Å². The van der Waals surface area contributed by atoms with Crippen LogP contribution >= 0.6 is 39.9 Å². The third kappa shape index (κ3) is 4.39. The normalized spacial score (nSPS) is 10.7. The maximum Gasteiger partial charge on any atom is 0.288 e. The van der Waals surface area contributed by atoms with Crippen LogP contribution in [0.4, 0.5) is 20.2 Å². The number of hydrogen-bond acceptors (Lipinski definition) is 3. The number of nitrogens with two attached hydrogens (primary N) is 1. The lowest BCUT2D eigenvalue weighted by Gasteiger charge is -2.13. The van der Waals surface area contributed by atoms with Crippen LogP contribution in [0.2, 0.25) is 0 Å². The molecule has 2 aromatic rings. The molecule has 0 spiro atoms. The van der Waals surface area contributed by atoms with Crippen molar-refractivity contribution in [2.75, 3.05) is 5.32 Å². The fourth-order valence-corrected chi connectivity index (χ4v) is 2.88. The maximum absolute atomic E-state index is 12.6. The summed E-state index contributed by atoms with van der Waals surface area (Å²) < 4.78 is 25.9. The Morgan fingerprint density at radius 3 is 2.52 bits per heavy atom. The number of nitrogens with one attached hydrogen (secondary N) is 1. The van der Waals surface area contributed by atoms with Gasteiger partial charge in [0.15, 0.2) is 0 Å². The van der Waals surface area contributed by atoms with E-state index < -0.39 is 5.76 Å². The largest absolute Gasteiger partial charge is 0.389 e. The van der Waals surface area contributed by atoms with Gasteiger partial charge in [0.05, 0.1) is 11.4 Å². The van der Waals surface area contributed by atoms with Gasteiger partial charge in [-0.3, -0.25) is 0 Å². The van der Waals surface area contributed by atoms with E-state index in [1.165, 1.54) is 0 Å². The van der Waals surface area contributed by atoms with Crippen LogP contribution in [0, 0.1) is 0 Å². The first-order valence-electron chi connectivity index (χ1n) is 5.87. The van der Waals surface area contributed by atoms with Crippen LogP contribution in [0.3, 0.4) is 0 Å². The zero-order valence-electron chi connectivity index (χ0n) is 10.6. The number of halogens is 3. The Kier molecular flexibility index (Phi) is 5.55. The van der Waals surface area contributed by atoms with Crippen molar-refractivity contribution in [3.05, 3.63) is 52.5 Å². The molecular formula is C14H11BrF2N2S2. The number of thiocarbonyl (C=S) groups is 1. The average molecular weight is 389 g/mol. The molecule has 0 heterocycles. The third-order valence-corrected chi connectivity index (χ3v) is 4.31. The van der Waals surface area contributed by atoms with E-state index in [2.05, 4.69) is 21.2 Å². The van der Waals surface area contributed by atoms with E-state index in [-0.39, 0.29) is 0 Å². The summed E-state index contributed by atoms with van der Waals surface area (Å²) in [7, 11) is 0. The summed E-state index contributed by atoms with van der Waals surface area (Å²) in [6.07, 6.45) is 0. The van der Waals surface area contributed by atoms with Crippen molar-refractivity contribution in [2.24, 2.45) is 5.73 Å². The molecule has 0 saturated carbocycles. The third-order valence-electron chi connectivity index (χ3n) is 2.63. The summed E-state index contributed by atoms with van der Waals surface area (Å²) in [6, 6.07) is 12.3. The van der Waals surface area contributed by atoms with Crippen molar-refractivity contribution in [2.45, 2.75) is 10.7 Å². The number of alkyl halides is 2. The second kappa shape index (κ2) is 7.20. The van der Waals surface area contributed by atoms with Crippen molar-refractivity contribution in [3.63, 3.8) is 0 Å². The molecule has 0 aromatic heterocycles. The van der Waals surface area contributed by atoms with E-state index in [9.17, 15) is 8.78 Å². The number of thioether (sulfide) groups is 1. The van der Waals surface area contributed by atoms with Gasteiger partial charge in [-0.05, 0) is 46.3 Å². The molecule has 2 nitrogen and oxygen atoms in total. The standard InChI is InChI=1S/C14H11BrF2N2S2/c15-9-7-8(13(18)20)5-6-10(9)19-11-3-1-2-4-12(11)21-14(16)17/h1-7,14,19H,(H2,18,20). The smallest absolute Gasteiger partial charge is 0.288 e. The Bertz CT molecular complexity index is 665. The van der Waals surface area contributed by atoms with Crippen molar-refractivity contribution < 1.29 is 8.78 Å². The molecule has 0 aliphatic rings. The molecule has 0 atom stereocenters. The average Bonchev–Trinajstić information content (AvgIpc) is 2.42. The van der Waals surface area contributed by atoms with Crippen molar-refractivity contribution in [1.29, 1.82) is 0 Å². The lowest BCUT2D eigenvalue weighted by molar-refractivity contribution is 0.252. The highest BCUT2D eigenvalue weighted by Gasteiger charge is 2.11. The first-order valence-corrected chi connectivity index (χ1v) is 7.95.